The van der Waals surface area contributed by atoms with Gasteiger partial charge < -0.3 is 14.8 Å². The molecule has 0 aliphatic carbocycles. The number of Topliss-reactive ketones (excluding diaryl/α,β-unsaturated/α-hetero) is 1. The third kappa shape index (κ3) is 5.44. The highest BCUT2D eigenvalue weighted by Gasteiger charge is 2.20. The first kappa shape index (κ1) is 16.2. The lowest BCUT2D eigenvalue weighted by atomic mass is 10.1. The van der Waals surface area contributed by atoms with Gasteiger partial charge in [0.2, 0.25) is 5.91 Å². The van der Waals surface area contributed by atoms with Crippen LogP contribution in [0, 0.1) is 5.92 Å². The number of ketones is 1. The average molecular weight is 295 g/mol. The van der Waals surface area contributed by atoms with Crippen molar-refractivity contribution in [2.75, 3.05) is 11.1 Å². The lowest BCUT2D eigenvalue weighted by Gasteiger charge is -2.12. The molecule has 0 heterocycles. The predicted molar refractivity (Wildman–Crippen MR) is 79.0 cm³/mol. The minimum absolute atomic E-state index is 0.0815. The minimum atomic E-state index is -0.550. The molecule has 0 aromatic heterocycles. The Morgan fingerprint density at radius 2 is 1.80 bits per heavy atom. The third-order valence-electron chi connectivity index (χ3n) is 2.48. The molecule has 0 radical (unpaired) electrons. The Kier molecular flexibility index (Phi) is 6.24. The van der Waals surface area contributed by atoms with Crippen molar-refractivity contribution < 1.29 is 19.1 Å². The Morgan fingerprint density at radius 1 is 1.20 bits per heavy atom. The van der Waals surface area contributed by atoms with Crippen LogP contribution in [-0.4, -0.2) is 23.4 Å². The molecule has 0 spiro atoms. The van der Waals surface area contributed by atoms with Crippen molar-refractivity contribution in [2.45, 2.75) is 20.3 Å². The Bertz CT molecular complexity index is 498. The van der Waals surface area contributed by atoms with Gasteiger partial charge in [-0.1, -0.05) is 0 Å². The summed E-state index contributed by atoms with van der Waals surface area (Å²) in [6, 6.07) is 6.41. The van der Waals surface area contributed by atoms with Gasteiger partial charge in [-0.15, -0.1) is 0 Å². The smallest absolute Gasteiger partial charge is 0.315 e. The Labute approximate surface area is 123 Å². The molecule has 0 bridgehead atoms. The van der Waals surface area contributed by atoms with Gasteiger partial charge in [0.25, 0.3) is 0 Å². The van der Waals surface area contributed by atoms with E-state index < -0.39 is 11.9 Å². The first-order valence-electron chi connectivity index (χ1n) is 6.12. The van der Waals surface area contributed by atoms with Gasteiger partial charge in [0, 0.05) is 24.8 Å². The molecule has 5 nitrogen and oxygen atoms in total. The van der Waals surface area contributed by atoms with Crippen LogP contribution >= 0.6 is 12.6 Å². The van der Waals surface area contributed by atoms with Crippen LogP contribution in [0.1, 0.15) is 20.3 Å². The summed E-state index contributed by atoms with van der Waals surface area (Å²) in [5.41, 5.74) is 0.617. The fourth-order valence-corrected chi connectivity index (χ4v) is 1.86. The van der Waals surface area contributed by atoms with Crippen LogP contribution < -0.4 is 10.1 Å². The molecule has 1 N–H and O–H groups in total. The molecule has 0 aliphatic rings. The van der Waals surface area contributed by atoms with Gasteiger partial charge in [0.05, 0.1) is 5.92 Å². The van der Waals surface area contributed by atoms with E-state index in [0.717, 1.165) is 0 Å². The van der Waals surface area contributed by atoms with Gasteiger partial charge in [0.1, 0.15) is 11.5 Å². The van der Waals surface area contributed by atoms with E-state index in [0.29, 0.717) is 11.4 Å². The Morgan fingerprint density at radius 3 is 2.25 bits per heavy atom. The molecule has 1 rings (SSSR count). The number of nitrogens with one attached hydrogen (secondary N) is 1. The first-order chi connectivity index (χ1) is 9.42. The van der Waals surface area contributed by atoms with Gasteiger partial charge in [-0.25, -0.2) is 0 Å². The number of amides is 1. The molecule has 108 valence electrons. The summed E-state index contributed by atoms with van der Waals surface area (Å²) in [6.07, 6.45) is 0.117. The van der Waals surface area contributed by atoms with E-state index in [1.165, 1.54) is 13.8 Å². The number of hydrogen-bond acceptors (Lipinski definition) is 5. The summed E-state index contributed by atoms with van der Waals surface area (Å²) in [6.45, 7) is 2.83. The molecule has 1 aromatic rings. The second-order valence-corrected chi connectivity index (χ2v) is 4.78. The van der Waals surface area contributed by atoms with Gasteiger partial charge in [-0.3, -0.25) is 9.59 Å². The van der Waals surface area contributed by atoms with E-state index in [9.17, 15) is 14.4 Å². The summed E-state index contributed by atoms with van der Waals surface area (Å²) in [7, 11) is 0. The molecule has 6 heteroatoms. The zero-order valence-corrected chi connectivity index (χ0v) is 12.3. The van der Waals surface area contributed by atoms with E-state index >= 15 is 0 Å². The fraction of sp³-hybridized carbons (Fsp3) is 0.357. The van der Waals surface area contributed by atoms with Crippen LogP contribution in [0.15, 0.2) is 24.3 Å². The lowest BCUT2D eigenvalue weighted by Crippen LogP contribution is -2.24. The Hall–Kier alpha value is -1.82. The van der Waals surface area contributed by atoms with Crippen molar-refractivity contribution >= 4 is 36.0 Å². The van der Waals surface area contributed by atoms with Gasteiger partial charge in [0.15, 0.2) is 0 Å². The van der Waals surface area contributed by atoms with Crippen LogP contribution in [-0.2, 0) is 14.4 Å². The second kappa shape index (κ2) is 7.69. The SMILES string of the molecule is CC(=O)CC(CS)C(=O)Oc1ccc(NC(C)=O)cc1. The molecule has 0 fully saturated rings. The molecule has 0 saturated heterocycles. The maximum atomic E-state index is 11.8. The number of carbonyl (C=O) groups excluding carboxylic acids is 3. The van der Waals surface area contributed by atoms with Crippen molar-refractivity contribution in [2.24, 2.45) is 5.92 Å². The van der Waals surface area contributed by atoms with Crippen molar-refractivity contribution in [3.05, 3.63) is 24.3 Å². The van der Waals surface area contributed by atoms with Crippen molar-refractivity contribution in [3.8, 4) is 5.75 Å². The Balaban J connectivity index is 2.65. The maximum Gasteiger partial charge on any atom is 0.315 e. The number of anilines is 1. The van der Waals surface area contributed by atoms with Gasteiger partial charge in [-0.05, 0) is 31.2 Å². The van der Waals surface area contributed by atoms with Crippen LogP contribution in [0.5, 0.6) is 5.75 Å². The molecule has 1 amide bonds. The van der Waals surface area contributed by atoms with E-state index in [2.05, 4.69) is 17.9 Å². The fourth-order valence-electron chi connectivity index (χ4n) is 1.58. The first-order valence-corrected chi connectivity index (χ1v) is 6.75. The standard InChI is InChI=1S/C14H17NO4S/c1-9(16)7-11(8-20)14(18)19-13-5-3-12(4-6-13)15-10(2)17/h3-6,11,20H,7-8H2,1-2H3,(H,15,17). The minimum Gasteiger partial charge on any atom is -0.426 e. The molecular weight excluding hydrogens is 278 g/mol. The van der Waals surface area contributed by atoms with E-state index in [-0.39, 0.29) is 23.9 Å². The molecular formula is C14H17NO4S. The van der Waals surface area contributed by atoms with E-state index in [1.54, 1.807) is 24.3 Å². The highest BCUT2D eigenvalue weighted by atomic mass is 32.1. The summed E-state index contributed by atoms with van der Waals surface area (Å²) >= 11 is 4.05. The van der Waals surface area contributed by atoms with Crippen molar-refractivity contribution in [1.29, 1.82) is 0 Å². The molecule has 1 aromatic carbocycles. The van der Waals surface area contributed by atoms with E-state index in [1.807, 2.05) is 0 Å². The number of hydrogen-bond donors (Lipinski definition) is 2. The number of benzene rings is 1. The summed E-state index contributed by atoms with van der Waals surface area (Å²) < 4.78 is 5.18. The summed E-state index contributed by atoms with van der Waals surface area (Å²) in [4.78, 5) is 33.8. The van der Waals surface area contributed by atoms with Crippen LogP contribution in [0.4, 0.5) is 5.69 Å². The quantitative estimate of drug-likeness (QED) is 0.479. The number of rotatable bonds is 6. The molecule has 0 saturated carbocycles. The predicted octanol–water partition coefficient (Wildman–Crippen LogP) is 2.08. The second-order valence-electron chi connectivity index (χ2n) is 4.41. The zero-order chi connectivity index (χ0) is 15.1. The third-order valence-corrected chi connectivity index (χ3v) is 2.92. The number of esters is 1. The monoisotopic (exact) mass is 295 g/mol. The molecule has 0 aliphatic heterocycles. The van der Waals surface area contributed by atoms with Gasteiger partial charge in [-0.2, -0.15) is 12.6 Å². The summed E-state index contributed by atoms with van der Waals surface area (Å²) in [5, 5.41) is 2.61. The average Bonchev–Trinajstić information content (AvgIpc) is 2.37. The highest BCUT2D eigenvalue weighted by molar-refractivity contribution is 7.80. The normalized spacial score (nSPS) is 11.6. The number of thiol groups is 1. The van der Waals surface area contributed by atoms with Crippen LogP contribution in [0.25, 0.3) is 0 Å². The van der Waals surface area contributed by atoms with Gasteiger partial charge >= 0.3 is 5.97 Å². The topological polar surface area (TPSA) is 72.5 Å². The maximum absolute atomic E-state index is 11.8. The molecule has 1 unspecified atom stereocenters. The largest absolute Gasteiger partial charge is 0.426 e. The van der Waals surface area contributed by atoms with Crippen molar-refractivity contribution in [1.82, 2.24) is 0 Å². The molecule has 1 atom stereocenters. The number of ether oxygens (including phenoxy) is 1. The lowest BCUT2D eigenvalue weighted by molar-refractivity contribution is -0.140. The molecule has 20 heavy (non-hydrogen) atoms. The summed E-state index contributed by atoms with van der Waals surface area (Å²) in [5.74, 6) is -0.677. The number of carbonyl (C=O) groups is 3. The van der Waals surface area contributed by atoms with E-state index in [4.69, 9.17) is 4.74 Å². The van der Waals surface area contributed by atoms with Crippen molar-refractivity contribution in [3.63, 3.8) is 0 Å². The van der Waals surface area contributed by atoms with Crippen LogP contribution in [0.2, 0.25) is 0 Å². The van der Waals surface area contributed by atoms with Crippen LogP contribution in [0.3, 0.4) is 0 Å². The zero-order valence-electron chi connectivity index (χ0n) is 11.4. The highest BCUT2D eigenvalue weighted by Crippen LogP contribution is 2.18.